The number of carbonyl (C=O) groups is 1. The second kappa shape index (κ2) is 3.96. The normalized spacial score (nSPS) is 11.2. The number of rotatable bonds is 3. The van der Waals surface area contributed by atoms with E-state index in [0.29, 0.717) is 0 Å². The summed E-state index contributed by atoms with van der Waals surface area (Å²) >= 11 is 0. The molecular formula is C11H11N3O. The van der Waals surface area contributed by atoms with Crippen molar-refractivity contribution in [2.24, 2.45) is 5.73 Å². The van der Waals surface area contributed by atoms with Gasteiger partial charge in [-0.1, -0.05) is 24.3 Å². The number of primary amides is 1. The van der Waals surface area contributed by atoms with Gasteiger partial charge in [0.1, 0.15) is 0 Å². The molecule has 4 heteroatoms. The Labute approximate surface area is 86.8 Å². The number of nitrogens with zero attached hydrogens (tertiary/aromatic N) is 1. The minimum Gasteiger partial charge on any atom is -0.369 e. The van der Waals surface area contributed by atoms with Gasteiger partial charge in [-0.05, 0) is 12.1 Å². The quantitative estimate of drug-likeness (QED) is 0.788. The monoisotopic (exact) mass is 201 g/mol. The van der Waals surface area contributed by atoms with Crippen molar-refractivity contribution in [1.82, 2.24) is 10.2 Å². The van der Waals surface area contributed by atoms with Gasteiger partial charge in [0.25, 0.3) is 0 Å². The summed E-state index contributed by atoms with van der Waals surface area (Å²) in [5, 5.41) is 8.06. The second-order valence-corrected chi connectivity index (χ2v) is 3.23. The maximum Gasteiger partial charge on any atom is 0.221 e. The number of nitrogens with two attached hydrogens (primary N) is 1. The molecule has 1 aromatic carbocycles. The van der Waals surface area contributed by atoms with E-state index in [-0.39, 0.29) is 12.3 Å². The zero-order valence-corrected chi connectivity index (χ0v) is 8.10. The molecule has 1 heterocycles. The van der Waals surface area contributed by atoms with Gasteiger partial charge in [0, 0.05) is 11.8 Å². The molecule has 0 unspecified atom stereocenters. The fraction of sp³-hybridized carbons (Fsp3) is 0.0909. The summed E-state index contributed by atoms with van der Waals surface area (Å²) in [5.74, 6) is -0.338. The van der Waals surface area contributed by atoms with E-state index in [2.05, 4.69) is 10.2 Å². The van der Waals surface area contributed by atoms with Crippen molar-refractivity contribution in [3.05, 3.63) is 36.0 Å². The number of aromatic nitrogens is 2. The van der Waals surface area contributed by atoms with Gasteiger partial charge >= 0.3 is 0 Å². The van der Waals surface area contributed by atoms with Gasteiger partial charge in [-0.15, -0.1) is 0 Å². The highest BCUT2D eigenvalue weighted by atomic mass is 16.1. The predicted octanol–water partition coefficient (Wildman–Crippen LogP) is 1.45. The van der Waals surface area contributed by atoms with Crippen molar-refractivity contribution in [2.45, 2.75) is 6.42 Å². The minimum absolute atomic E-state index is 0.243. The number of H-pyrrole nitrogens is 1. The number of amides is 1. The van der Waals surface area contributed by atoms with Crippen LogP contribution in [0.2, 0.25) is 0 Å². The van der Waals surface area contributed by atoms with Gasteiger partial charge in [-0.3, -0.25) is 9.89 Å². The standard InChI is InChI=1S/C11H11N3O/c12-11(15)7-3-6-10-8-4-1-2-5-9(8)13-14-10/h1-6H,7H2,(H2,12,15)(H,13,14). The minimum atomic E-state index is -0.338. The van der Waals surface area contributed by atoms with Gasteiger partial charge < -0.3 is 5.73 Å². The van der Waals surface area contributed by atoms with Crippen LogP contribution in [-0.4, -0.2) is 16.1 Å². The molecule has 3 N–H and O–H groups in total. The summed E-state index contributed by atoms with van der Waals surface area (Å²) in [7, 11) is 0. The topological polar surface area (TPSA) is 71.8 Å². The number of fused-ring (bicyclic) bond motifs is 1. The van der Waals surface area contributed by atoms with Gasteiger partial charge in [0.05, 0.1) is 11.2 Å². The number of aromatic amines is 1. The van der Waals surface area contributed by atoms with Crippen LogP contribution < -0.4 is 5.73 Å². The smallest absolute Gasteiger partial charge is 0.221 e. The van der Waals surface area contributed by atoms with Crippen molar-refractivity contribution in [1.29, 1.82) is 0 Å². The maximum absolute atomic E-state index is 10.5. The Hall–Kier alpha value is -2.10. The van der Waals surface area contributed by atoms with Crippen LogP contribution in [0.5, 0.6) is 0 Å². The maximum atomic E-state index is 10.5. The molecule has 0 aliphatic carbocycles. The molecule has 0 bridgehead atoms. The highest BCUT2D eigenvalue weighted by molar-refractivity contribution is 5.87. The van der Waals surface area contributed by atoms with E-state index >= 15 is 0 Å². The van der Waals surface area contributed by atoms with Crippen molar-refractivity contribution in [3.63, 3.8) is 0 Å². The summed E-state index contributed by atoms with van der Waals surface area (Å²) in [6, 6.07) is 7.78. The number of hydrogen-bond acceptors (Lipinski definition) is 2. The molecule has 0 atom stereocenters. The molecule has 0 radical (unpaired) electrons. The van der Waals surface area contributed by atoms with Gasteiger partial charge in [0.15, 0.2) is 0 Å². The Morgan fingerprint density at radius 1 is 1.47 bits per heavy atom. The lowest BCUT2D eigenvalue weighted by atomic mass is 10.2. The number of carbonyl (C=O) groups excluding carboxylic acids is 1. The molecule has 76 valence electrons. The second-order valence-electron chi connectivity index (χ2n) is 3.23. The summed E-state index contributed by atoms with van der Waals surface area (Å²) in [5.41, 5.74) is 6.84. The summed E-state index contributed by atoms with van der Waals surface area (Å²) in [6.45, 7) is 0. The van der Waals surface area contributed by atoms with Crippen LogP contribution in [0, 0.1) is 0 Å². The first-order valence-electron chi connectivity index (χ1n) is 4.65. The Balaban J connectivity index is 2.28. The first-order valence-corrected chi connectivity index (χ1v) is 4.65. The third kappa shape index (κ3) is 2.04. The molecule has 0 aliphatic heterocycles. The third-order valence-corrected chi connectivity index (χ3v) is 2.09. The van der Waals surface area contributed by atoms with Gasteiger partial charge in [0.2, 0.25) is 5.91 Å². The van der Waals surface area contributed by atoms with Crippen LogP contribution in [-0.2, 0) is 4.79 Å². The summed E-state index contributed by atoms with van der Waals surface area (Å²) < 4.78 is 0. The highest BCUT2D eigenvalue weighted by Gasteiger charge is 1.99. The van der Waals surface area contributed by atoms with Crippen molar-refractivity contribution in [3.8, 4) is 0 Å². The number of hydrogen-bond donors (Lipinski definition) is 2. The van der Waals surface area contributed by atoms with E-state index in [9.17, 15) is 4.79 Å². The van der Waals surface area contributed by atoms with Gasteiger partial charge in [-0.25, -0.2) is 0 Å². The number of nitrogens with one attached hydrogen (secondary N) is 1. The van der Waals surface area contributed by atoms with E-state index in [4.69, 9.17) is 5.73 Å². The molecule has 0 spiro atoms. The van der Waals surface area contributed by atoms with E-state index in [1.54, 1.807) is 6.08 Å². The molecule has 0 saturated carbocycles. The molecule has 1 aromatic heterocycles. The molecule has 0 saturated heterocycles. The van der Waals surface area contributed by atoms with Crippen LogP contribution in [0.3, 0.4) is 0 Å². The Morgan fingerprint density at radius 3 is 3.07 bits per heavy atom. The molecule has 2 aromatic rings. The predicted molar refractivity (Wildman–Crippen MR) is 58.9 cm³/mol. The lowest BCUT2D eigenvalue weighted by molar-refractivity contribution is -0.117. The average molecular weight is 201 g/mol. The van der Waals surface area contributed by atoms with Crippen molar-refractivity contribution in [2.75, 3.05) is 0 Å². The molecule has 1 amide bonds. The van der Waals surface area contributed by atoms with Crippen LogP contribution in [0.25, 0.3) is 17.0 Å². The van der Waals surface area contributed by atoms with E-state index in [1.807, 2.05) is 30.3 Å². The fourth-order valence-electron chi connectivity index (χ4n) is 1.40. The molecule has 4 nitrogen and oxygen atoms in total. The Bertz CT molecular complexity index is 513. The molecule has 0 fully saturated rings. The SMILES string of the molecule is NC(=O)CC=Cc1[nH]nc2ccccc12. The highest BCUT2D eigenvalue weighted by Crippen LogP contribution is 2.16. The molecule has 2 rings (SSSR count). The first-order chi connectivity index (χ1) is 7.27. The van der Waals surface area contributed by atoms with E-state index in [1.165, 1.54) is 0 Å². The molecular weight excluding hydrogens is 190 g/mol. The van der Waals surface area contributed by atoms with E-state index in [0.717, 1.165) is 16.6 Å². The molecule has 15 heavy (non-hydrogen) atoms. The van der Waals surface area contributed by atoms with Crippen LogP contribution in [0.4, 0.5) is 0 Å². The Kier molecular flexibility index (Phi) is 2.49. The summed E-state index contributed by atoms with van der Waals surface area (Å²) in [4.78, 5) is 10.5. The lowest BCUT2D eigenvalue weighted by Gasteiger charge is -1.89. The van der Waals surface area contributed by atoms with Crippen molar-refractivity contribution >= 4 is 22.9 Å². The first kappa shape index (κ1) is 9.45. The van der Waals surface area contributed by atoms with Crippen LogP contribution in [0.15, 0.2) is 30.3 Å². The largest absolute Gasteiger partial charge is 0.369 e. The fourth-order valence-corrected chi connectivity index (χ4v) is 1.40. The summed E-state index contributed by atoms with van der Waals surface area (Å²) in [6.07, 6.45) is 3.79. The van der Waals surface area contributed by atoms with Crippen LogP contribution in [0.1, 0.15) is 12.1 Å². The number of para-hydroxylation sites is 1. The lowest BCUT2D eigenvalue weighted by Crippen LogP contribution is -2.07. The zero-order chi connectivity index (χ0) is 10.7. The van der Waals surface area contributed by atoms with Crippen molar-refractivity contribution < 1.29 is 4.79 Å². The number of benzene rings is 1. The van der Waals surface area contributed by atoms with Crippen LogP contribution >= 0.6 is 0 Å². The Morgan fingerprint density at radius 2 is 2.27 bits per heavy atom. The zero-order valence-electron chi connectivity index (χ0n) is 8.10. The average Bonchev–Trinajstić information content (AvgIpc) is 2.62. The molecule has 0 aliphatic rings. The van der Waals surface area contributed by atoms with E-state index < -0.39 is 0 Å². The van der Waals surface area contributed by atoms with Gasteiger partial charge in [-0.2, -0.15) is 5.10 Å². The third-order valence-electron chi connectivity index (χ3n) is 2.09.